The Bertz CT molecular complexity index is 1390. The van der Waals surface area contributed by atoms with Gasteiger partial charge in [0.05, 0.1) is 38.3 Å². The van der Waals surface area contributed by atoms with Crippen molar-refractivity contribution in [3.63, 3.8) is 0 Å². The van der Waals surface area contributed by atoms with E-state index in [0.717, 1.165) is 11.9 Å². The minimum absolute atomic E-state index is 0.00981. The summed E-state index contributed by atoms with van der Waals surface area (Å²) >= 11 is 6.00. The Balaban J connectivity index is 1.68. The summed E-state index contributed by atoms with van der Waals surface area (Å²) in [6.07, 6.45) is 1.09. The Labute approximate surface area is 227 Å². The van der Waals surface area contributed by atoms with Crippen LogP contribution >= 0.6 is 11.6 Å². The summed E-state index contributed by atoms with van der Waals surface area (Å²) in [5.41, 5.74) is 1.93. The second-order valence-corrected chi connectivity index (χ2v) is 11.2. The Morgan fingerprint density at radius 1 is 0.947 bits per heavy atom. The lowest BCUT2D eigenvalue weighted by Crippen LogP contribution is -2.49. The SMILES string of the molecule is COc1cc(C(=O)N2CCN(c3ccc(F)cc3)CC2)c(N(Cc2ccc(Cl)cc2)S(C)(=O)=O)cc1OC. The van der Waals surface area contributed by atoms with Crippen molar-refractivity contribution in [1.29, 1.82) is 0 Å². The van der Waals surface area contributed by atoms with Crippen molar-refractivity contribution in [2.24, 2.45) is 0 Å². The maximum absolute atomic E-state index is 13.8. The topological polar surface area (TPSA) is 79.4 Å². The van der Waals surface area contributed by atoms with Crippen LogP contribution in [0.2, 0.25) is 5.02 Å². The molecule has 3 aromatic carbocycles. The van der Waals surface area contributed by atoms with Crippen LogP contribution in [0.3, 0.4) is 0 Å². The number of sulfonamides is 1. The van der Waals surface area contributed by atoms with Crippen LogP contribution in [-0.2, 0) is 16.6 Å². The van der Waals surface area contributed by atoms with Crippen molar-refractivity contribution in [2.45, 2.75) is 6.54 Å². The molecule has 0 saturated carbocycles. The molecule has 1 fully saturated rings. The van der Waals surface area contributed by atoms with Crippen molar-refractivity contribution in [2.75, 3.05) is 55.9 Å². The zero-order valence-corrected chi connectivity index (χ0v) is 22.9. The maximum Gasteiger partial charge on any atom is 0.256 e. The summed E-state index contributed by atoms with van der Waals surface area (Å²) < 4.78 is 51.4. The number of piperazine rings is 1. The number of carbonyl (C=O) groups is 1. The Kier molecular flexibility index (Phi) is 8.32. The largest absolute Gasteiger partial charge is 0.493 e. The van der Waals surface area contributed by atoms with E-state index in [1.54, 1.807) is 41.3 Å². The summed E-state index contributed by atoms with van der Waals surface area (Å²) in [4.78, 5) is 17.6. The number of halogens is 2. The smallest absolute Gasteiger partial charge is 0.256 e. The fourth-order valence-corrected chi connectivity index (χ4v) is 5.39. The number of ether oxygens (including phenoxy) is 2. The van der Waals surface area contributed by atoms with E-state index in [-0.39, 0.29) is 29.5 Å². The highest BCUT2D eigenvalue weighted by atomic mass is 35.5. The van der Waals surface area contributed by atoms with Crippen molar-refractivity contribution in [1.82, 2.24) is 4.90 Å². The zero-order valence-electron chi connectivity index (χ0n) is 21.4. The number of hydrogen-bond acceptors (Lipinski definition) is 6. The minimum atomic E-state index is -3.81. The zero-order chi connectivity index (χ0) is 27.4. The molecule has 0 radical (unpaired) electrons. The van der Waals surface area contributed by atoms with E-state index in [0.29, 0.717) is 48.3 Å². The molecule has 0 spiro atoms. The minimum Gasteiger partial charge on any atom is -0.493 e. The number of rotatable bonds is 8. The van der Waals surface area contributed by atoms with Gasteiger partial charge in [0.15, 0.2) is 11.5 Å². The fraction of sp³-hybridized carbons (Fsp3) is 0.296. The molecule has 4 rings (SSSR count). The monoisotopic (exact) mass is 561 g/mol. The quantitative estimate of drug-likeness (QED) is 0.405. The fourth-order valence-electron chi connectivity index (χ4n) is 4.37. The molecule has 1 aliphatic rings. The summed E-state index contributed by atoms with van der Waals surface area (Å²) in [5, 5.41) is 0.529. The Hall–Kier alpha value is -3.50. The molecule has 0 aromatic heterocycles. The van der Waals surface area contributed by atoms with Crippen LogP contribution in [0, 0.1) is 5.82 Å². The molecule has 0 N–H and O–H groups in total. The van der Waals surface area contributed by atoms with Gasteiger partial charge in [-0.25, -0.2) is 12.8 Å². The van der Waals surface area contributed by atoms with Crippen LogP contribution in [0.25, 0.3) is 0 Å². The average Bonchev–Trinajstić information content (AvgIpc) is 2.91. The van der Waals surface area contributed by atoms with Crippen molar-refractivity contribution >= 4 is 38.9 Å². The van der Waals surface area contributed by atoms with E-state index >= 15 is 0 Å². The first kappa shape index (κ1) is 27.5. The lowest BCUT2D eigenvalue weighted by Gasteiger charge is -2.37. The maximum atomic E-state index is 13.8. The van der Waals surface area contributed by atoms with E-state index in [9.17, 15) is 17.6 Å². The molecule has 1 amide bonds. The van der Waals surface area contributed by atoms with Crippen LogP contribution in [-0.4, -0.2) is 65.9 Å². The van der Waals surface area contributed by atoms with Gasteiger partial charge in [-0.05, 0) is 48.0 Å². The number of anilines is 2. The standard InChI is InChI=1S/C27H29ClFN3O5S/c1-36-25-16-23(27(33)31-14-12-30(13-15-31)22-10-8-21(29)9-11-22)24(17-26(25)37-2)32(38(3,34)35)18-19-4-6-20(28)7-5-19/h4-11,16-17H,12-15,18H2,1-3H3. The van der Waals surface area contributed by atoms with Gasteiger partial charge in [0.25, 0.3) is 5.91 Å². The summed E-state index contributed by atoms with van der Waals surface area (Å²) in [6.45, 7) is 1.88. The molecular formula is C27H29ClFN3O5S. The molecule has 11 heteroatoms. The van der Waals surface area contributed by atoms with Crippen molar-refractivity contribution in [3.05, 3.63) is 82.6 Å². The lowest BCUT2D eigenvalue weighted by atomic mass is 10.1. The van der Waals surface area contributed by atoms with Crippen LogP contribution < -0.4 is 18.7 Å². The van der Waals surface area contributed by atoms with Gasteiger partial charge >= 0.3 is 0 Å². The van der Waals surface area contributed by atoms with Gasteiger partial charge in [0, 0.05) is 43.0 Å². The molecule has 0 unspecified atom stereocenters. The van der Waals surface area contributed by atoms with Gasteiger partial charge in [0.2, 0.25) is 10.0 Å². The predicted molar refractivity (Wildman–Crippen MR) is 147 cm³/mol. The highest BCUT2D eigenvalue weighted by Gasteiger charge is 2.30. The summed E-state index contributed by atoms with van der Waals surface area (Å²) in [6, 6.07) is 16.1. The van der Waals surface area contributed by atoms with Gasteiger partial charge in [0.1, 0.15) is 5.82 Å². The normalized spacial score (nSPS) is 13.8. The first-order chi connectivity index (χ1) is 18.1. The molecule has 0 atom stereocenters. The van der Waals surface area contributed by atoms with E-state index in [1.807, 2.05) is 0 Å². The van der Waals surface area contributed by atoms with Crippen LogP contribution in [0.1, 0.15) is 15.9 Å². The first-order valence-corrected chi connectivity index (χ1v) is 14.1. The molecular weight excluding hydrogens is 533 g/mol. The number of amides is 1. The van der Waals surface area contributed by atoms with E-state index < -0.39 is 10.0 Å². The number of methoxy groups -OCH3 is 2. The molecule has 1 heterocycles. The van der Waals surface area contributed by atoms with Gasteiger partial charge in [-0.3, -0.25) is 9.10 Å². The summed E-state index contributed by atoms with van der Waals surface area (Å²) in [7, 11) is -0.912. The third-order valence-electron chi connectivity index (χ3n) is 6.40. The van der Waals surface area contributed by atoms with Gasteiger partial charge in [-0.1, -0.05) is 23.7 Å². The molecule has 1 aliphatic heterocycles. The van der Waals surface area contributed by atoms with Crippen LogP contribution in [0.4, 0.5) is 15.8 Å². The second-order valence-electron chi connectivity index (χ2n) is 8.88. The average molecular weight is 562 g/mol. The Morgan fingerprint density at radius 3 is 2.08 bits per heavy atom. The van der Waals surface area contributed by atoms with Gasteiger partial charge < -0.3 is 19.3 Å². The molecule has 38 heavy (non-hydrogen) atoms. The number of benzene rings is 3. The van der Waals surface area contributed by atoms with Crippen molar-refractivity contribution < 1.29 is 27.1 Å². The van der Waals surface area contributed by atoms with E-state index in [4.69, 9.17) is 21.1 Å². The Morgan fingerprint density at radius 2 is 1.53 bits per heavy atom. The molecule has 202 valence electrons. The third-order valence-corrected chi connectivity index (χ3v) is 7.78. The summed E-state index contributed by atoms with van der Waals surface area (Å²) in [5.74, 6) is -0.0310. The number of hydrogen-bond donors (Lipinski definition) is 0. The van der Waals surface area contributed by atoms with E-state index in [1.165, 1.54) is 42.8 Å². The highest BCUT2D eigenvalue weighted by Crippen LogP contribution is 2.38. The first-order valence-electron chi connectivity index (χ1n) is 11.9. The molecule has 0 bridgehead atoms. The third kappa shape index (κ3) is 6.14. The van der Waals surface area contributed by atoms with Gasteiger partial charge in [-0.15, -0.1) is 0 Å². The molecule has 8 nitrogen and oxygen atoms in total. The van der Waals surface area contributed by atoms with Gasteiger partial charge in [-0.2, -0.15) is 0 Å². The molecule has 0 aliphatic carbocycles. The predicted octanol–water partition coefficient (Wildman–Crippen LogP) is 4.42. The highest BCUT2D eigenvalue weighted by molar-refractivity contribution is 7.92. The van der Waals surface area contributed by atoms with E-state index in [2.05, 4.69) is 4.90 Å². The number of nitrogens with zero attached hydrogens (tertiary/aromatic N) is 3. The number of carbonyl (C=O) groups excluding carboxylic acids is 1. The second kappa shape index (κ2) is 11.5. The lowest BCUT2D eigenvalue weighted by molar-refractivity contribution is 0.0747. The van der Waals surface area contributed by atoms with Crippen LogP contribution in [0.5, 0.6) is 11.5 Å². The van der Waals surface area contributed by atoms with Crippen molar-refractivity contribution in [3.8, 4) is 11.5 Å². The molecule has 3 aromatic rings. The van der Waals surface area contributed by atoms with Crippen LogP contribution in [0.15, 0.2) is 60.7 Å². The molecule has 1 saturated heterocycles.